The summed E-state index contributed by atoms with van der Waals surface area (Å²) >= 11 is 6.04. The van der Waals surface area contributed by atoms with Gasteiger partial charge >= 0.3 is 12.1 Å². The molecule has 36 heavy (non-hydrogen) atoms. The number of carboxylic acid groups (broad SMARTS) is 1. The van der Waals surface area contributed by atoms with Gasteiger partial charge < -0.3 is 9.84 Å². The highest BCUT2D eigenvalue weighted by atomic mass is 35.5. The van der Waals surface area contributed by atoms with E-state index < -0.39 is 55.8 Å². The molecular weight excluding hydrogens is 533 g/mol. The van der Waals surface area contributed by atoms with Gasteiger partial charge in [0.2, 0.25) is 5.88 Å². The molecule has 1 amide bonds. The highest BCUT2D eigenvalue weighted by Crippen LogP contribution is 2.37. The maximum absolute atomic E-state index is 13.0. The van der Waals surface area contributed by atoms with E-state index in [9.17, 15) is 31.2 Å². The summed E-state index contributed by atoms with van der Waals surface area (Å²) in [6, 6.07) is 3.67. The van der Waals surface area contributed by atoms with Crippen molar-refractivity contribution in [3.05, 3.63) is 47.0 Å². The Balaban J connectivity index is 1.77. The van der Waals surface area contributed by atoms with Gasteiger partial charge in [-0.15, -0.1) is 5.10 Å². The zero-order valence-electron chi connectivity index (χ0n) is 18.7. The van der Waals surface area contributed by atoms with E-state index >= 15 is 0 Å². The normalized spacial score (nSPS) is 12.4. The Morgan fingerprint density at radius 3 is 2.44 bits per heavy atom. The summed E-state index contributed by atoms with van der Waals surface area (Å²) in [4.78, 5) is 27.0. The molecule has 3 rings (SSSR count). The Morgan fingerprint density at radius 2 is 1.86 bits per heavy atom. The fraction of sp³-hybridized carbons (Fsp3) is 0.316. The number of amides is 1. The quantitative estimate of drug-likeness (QED) is 0.402. The van der Waals surface area contributed by atoms with Crippen LogP contribution in [0.25, 0.3) is 5.82 Å². The molecule has 12 nitrogen and oxygen atoms in total. The van der Waals surface area contributed by atoms with Gasteiger partial charge in [-0.1, -0.05) is 11.6 Å². The van der Waals surface area contributed by atoms with Crippen LogP contribution in [0.15, 0.2) is 35.5 Å². The minimum atomic E-state index is -4.63. The van der Waals surface area contributed by atoms with E-state index in [1.54, 1.807) is 4.72 Å². The Labute approximate surface area is 206 Å². The first-order valence-electron chi connectivity index (χ1n) is 9.78. The van der Waals surface area contributed by atoms with Crippen LogP contribution >= 0.6 is 11.6 Å². The Hall–Kier alpha value is -3.66. The fourth-order valence-electron chi connectivity index (χ4n) is 2.61. The molecule has 0 fully saturated rings. The van der Waals surface area contributed by atoms with Crippen LogP contribution in [0.2, 0.25) is 5.15 Å². The molecule has 3 aromatic rings. The zero-order chi connectivity index (χ0) is 27.1. The molecule has 17 heteroatoms. The summed E-state index contributed by atoms with van der Waals surface area (Å²) in [5, 5.41) is 16.2. The van der Waals surface area contributed by atoms with Gasteiger partial charge in [-0.05, 0) is 26.0 Å². The average Bonchev–Trinajstić information content (AvgIpc) is 3.38. The minimum absolute atomic E-state index is 0.0461. The van der Waals surface area contributed by atoms with Crippen molar-refractivity contribution in [2.24, 2.45) is 12.5 Å². The lowest BCUT2D eigenvalue weighted by molar-refractivity contribution is -0.219. The lowest BCUT2D eigenvalue weighted by Gasteiger charge is -2.26. The van der Waals surface area contributed by atoms with Crippen LogP contribution in [-0.4, -0.2) is 62.7 Å². The molecule has 0 aliphatic heterocycles. The van der Waals surface area contributed by atoms with Crippen LogP contribution in [0.4, 0.5) is 13.2 Å². The molecule has 0 saturated heterocycles. The predicted molar refractivity (Wildman–Crippen MR) is 117 cm³/mol. The number of rotatable bonds is 8. The number of halogens is 4. The number of carboxylic acids is 1. The number of carbonyl (C=O) groups excluding carboxylic acids is 1. The maximum atomic E-state index is 13.0. The van der Waals surface area contributed by atoms with Crippen molar-refractivity contribution in [3.8, 4) is 11.7 Å². The first kappa shape index (κ1) is 26.9. The van der Waals surface area contributed by atoms with Crippen molar-refractivity contribution in [1.82, 2.24) is 29.3 Å². The lowest BCUT2D eigenvalue weighted by atomic mass is 9.94. The van der Waals surface area contributed by atoms with E-state index in [1.807, 2.05) is 0 Å². The third-order valence-corrected chi connectivity index (χ3v) is 6.36. The third-order valence-electron chi connectivity index (χ3n) is 4.74. The number of pyridine rings is 1. The lowest BCUT2D eigenvalue weighted by Crippen LogP contribution is -2.37. The Morgan fingerprint density at radius 1 is 1.19 bits per heavy atom. The van der Waals surface area contributed by atoms with Crippen LogP contribution < -0.4 is 9.46 Å². The number of alkyl halides is 3. The molecule has 0 spiro atoms. The summed E-state index contributed by atoms with van der Waals surface area (Å²) in [6.45, 7) is 1.27. The van der Waals surface area contributed by atoms with Gasteiger partial charge in [0.05, 0.1) is 11.0 Å². The summed E-state index contributed by atoms with van der Waals surface area (Å²) in [5.74, 6) is -2.89. The number of carbonyl (C=O) groups is 2. The molecule has 0 aliphatic carbocycles. The molecule has 0 saturated carbocycles. The highest BCUT2D eigenvalue weighted by molar-refractivity contribution is 7.90. The summed E-state index contributed by atoms with van der Waals surface area (Å²) in [7, 11) is -3.33. The molecule has 0 bridgehead atoms. The summed E-state index contributed by atoms with van der Waals surface area (Å²) in [5.41, 5.74) is -3.26. The second kappa shape index (κ2) is 9.42. The van der Waals surface area contributed by atoms with Crippen LogP contribution in [0, 0.1) is 5.41 Å². The molecule has 3 aromatic heterocycles. The number of aryl methyl sites for hydroxylation is 1. The van der Waals surface area contributed by atoms with Crippen molar-refractivity contribution in [2.75, 3.05) is 6.61 Å². The maximum Gasteiger partial charge on any atom is 0.397 e. The first-order chi connectivity index (χ1) is 16.5. The molecule has 2 N–H and O–H groups in total. The van der Waals surface area contributed by atoms with Crippen LogP contribution in [0.3, 0.4) is 0 Å². The van der Waals surface area contributed by atoms with E-state index in [2.05, 4.69) is 15.2 Å². The average molecular weight is 551 g/mol. The van der Waals surface area contributed by atoms with Gasteiger partial charge in [-0.2, -0.15) is 18.3 Å². The number of aromatic carboxylic acids is 1. The van der Waals surface area contributed by atoms with Gasteiger partial charge in [-0.25, -0.2) is 27.6 Å². The zero-order valence-corrected chi connectivity index (χ0v) is 20.3. The molecule has 0 atom stereocenters. The van der Waals surface area contributed by atoms with Crippen molar-refractivity contribution in [3.63, 3.8) is 0 Å². The molecule has 0 unspecified atom stereocenters. The van der Waals surface area contributed by atoms with Crippen molar-refractivity contribution in [2.45, 2.75) is 24.9 Å². The highest BCUT2D eigenvalue weighted by Gasteiger charge is 2.48. The smallest absolute Gasteiger partial charge is 0.397 e. The molecule has 0 radical (unpaired) electrons. The first-order valence-corrected chi connectivity index (χ1v) is 11.6. The van der Waals surface area contributed by atoms with E-state index in [-0.39, 0.29) is 17.3 Å². The van der Waals surface area contributed by atoms with Gasteiger partial charge in [0.15, 0.2) is 11.5 Å². The van der Waals surface area contributed by atoms with Gasteiger partial charge in [0.25, 0.3) is 15.9 Å². The van der Waals surface area contributed by atoms with Crippen molar-refractivity contribution in [1.29, 1.82) is 0 Å². The van der Waals surface area contributed by atoms with E-state index in [0.717, 1.165) is 35.5 Å². The number of sulfonamides is 1. The van der Waals surface area contributed by atoms with E-state index in [4.69, 9.17) is 21.4 Å². The minimum Gasteiger partial charge on any atom is -0.476 e. The molecule has 3 heterocycles. The number of aromatic nitrogens is 5. The van der Waals surface area contributed by atoms with E-state index in [0.29, 0.717) is 0 Å². The van der Waals surface area contributed by atoms with E-state index in [1.165, 1.54) is 25.4 Å². The number of ether oxygens (including phenoxy) is 1. The second-order valence-corrected chi connectivity index (χ2v) is 10.0. The molecule has 0 aromatic carbocycles. The van der Waals surface area contributed by atoms with Gasteiger partial charge in [-0.3, -0.25) is 9.48 Å². The Bertz CT molecular complexity index is 1430. The topological polar surface area (TPSA) is 158 Å². The molecule has 194 valence electrons. The van der Waals surface area contributed by atoms with Crippen LogP contribution in [-0.2, 0) is 17.1 Å². The van der Waals surface area contributed by atoms with Gasteiger partial charge in [0.1, 0.15) is 16.7 Å². The Kier molecular flexibility index (Phi) is 7.05. The molecule has 0 aliphatic rings. The number of hydrogen-bond donors (Lipinski definition) is 2. The predicted octanol–water partition coefficient (Wildman–Crippen LogP) is 2.44. The fourth-order valence-corrected chi connectivity index (χ4v) is 3.99. The second-order valence-electron chi connectivity index (χ2n) is 8.03. The summed E-state index contributed by atoms with van der Waals surface area (Å²) in [6.07, 6.45) is -2.25. The van der Waals surface area contributed by atoms with Crippen LogP contribution in [0.5, 0.6) is 5.88 Å². The third kappa shape index (κ3) is 5.59. The largest absolute Gasteiger partial charge is 0.476 e. The summed E-state index contributed by atoms with van der Waals surface area (Å²) < 4.78 is 72.9. The van der Waals surface area contributed by atoms with Crippen LogP contribution in [0.1, 0.15) is 34.7 Å². The van der Waals surface area contributed by atoms with Crippen molar-refractivity contribution < 1.29 is 41.0 Å². The number of nitrogens with zero attached hydrogens (tertiary/aromatic N) is 5. The standard InChI is InChI=1S/C19H18ClF3N6O6S/c1-18(2,19(21,22)23)9-35-13-6-7-29(25-13)12-5-4-10(15(20)24-12)16(30)27-36(33,34)11-8-28(3)26-14(11)17(31)32/h4-8H,9H2,1-3H3,(H,27,30)(H,31,32). The monoisotopic (exact) mass is 550 g/mol. The van der Waals surface area contributed by atoms with Crippen molar-refractivity contribution >= 4 is 33.5 Å². The number of nitrogens with one attached hydrogen (secondary N) is 1. The molecular formula is C19H18ClF3N6O6S. The van der Waals surface area contributed by atoms with Gasteiger partial charge in [0, 0.05) is 25.5 Å². The SMILES string of the molecule is Cn1cc(S(=O)(=O)NC(=O)c2ccc(-n3ccc(OCC(C)(C)C(F)(F)F)n3)nc2Cl)c(C(=O)O)n1. The number of hydrogen-bond acceptors (Lipinski definition) is 8.